The molecule has 34 nitrogen and oxygen atoms in total. The van der Waals surface area contributed by atoms with Gasteiger partial charge < -0.3 is 77.8 Å². The molecule has 5 aliphatic heterocycles. The predicted octanol–water partition coefficient (Wildman–Crippen LogP) is 1.13. The van der Waals surface area contributed by atoms with E-state index in [1.807, 2.05) is 60.7 Å². The van der Waals surface area contributed by atoms with E-state index >= 15 is 0 Å². The van der Waals surface area contributed by atoms with Crippen molar-refractivity contribution < 1.29 is 80.5 Å². The molecule has 2 bridgehead atoms. The molecule has 95 heavy (non-hydrogen) atoms. The number of anilines is 4. The average Bonchev–Trinajstić information content (AvgIpc) is 1.61. The Kier molecular flexibility index (Phi) is 21.2. The molecule has 6 aromatic rings. The molecule has 0 spiro atoms. The van der Waals surface area contributed by atoms with E-state index in [-0.39, 0.29) is 74.2 Å². The Labute approximate surface area is 551 Å². The summed E-state index contributed by atoms with van der Waals surface area (Å²) in [7, 11) is 0. The van der Waals surface area contributed by atoms with E-state index in [2.05, 4.69) is 86.6 Å². The molecule has 2 aromatic carbocycles. The molecular formula is C57H69N17O17P2S2. The monoisotopic (exact) mass is 1390 g/mol. The molecule has 9 heterocycles. The molecule has 5 aliphatic rings. The average molecular weight is 1390 g/mol. The highest BCUT2D eigenvalue weighted by molar-refractivity contribution is 8.44. The number of rotatable bonds is 20. The number of hydrogen-bond acceptors (Lipinski definition) is 25. The van der Waals surface area contributed by atoms with Gasteiger partial charge in [-0.2, -0.15) is 9.97 Å². The number of carbonyl (C=O) groups is 7. The molecule has 2 unspecified atom stereocenters. The summed E-state index contributed by atoms with van der Waals surface area (Å²) in [6.07, 6.45) is -2.72. The maximum Gasteiger partial charge on any atom is 0.386 e. The van der Waals surface area contributed by atoms with Crippen LogP contribution in [-0.4, -0.2) is 180 Å². The fraction of sp³-hybridized carbons (Fsp3) is 0.439. The second-order valence-electron chi connectivity index (χ2n) is 22.7. The Hall–Kier alpha value is -8.12. The summed E-state index contributed by atoms with van der Waals surface area (Å²) in [5, 5.41) is 42.7. The molecule has 7 amide bonds. The third-order valence-corrected chi connectivity index (χ3v) is 19.4. The molecule has 13 N–H and O–H groups in total. The van der Waals surface area contributed by atoms with Gasteiger partial charge in [0.1, 0.15) is 72.0 Å². The number of aromatic nitrogens is 7. The normalized spacial score (nSPS) is 25.8. The topological polar surface area (TPSA) is 463 Å². The van der Waals surface area contributed by atoms with Gasteiger partial charge in [0, 0.05) is 45.1 Å². The quantitative estimate of drug-likeness (QED) is 0.0289. The molecule has 38 heteroatoms. The van der Waals surface area contributed by atoms with Crippen LogP contribution in [0.3, 0.4) is 0 Å². The number of carbonyl (C=O) groups excluding carboxylic acids is 7. The van der Waals surface area contributed by atoms with E-state index < -0.39 is 137 Å². The van der Waals surface area contributed by atoms with Crippen LogP contribution in [-0.2, 0) is 83.2 Å². The molecule has 11 rings (SSSR count). The van der Waals surface area contributed by atoms with Crippen molar-refractivity contribution in [3.05, 3.63) is 89.6 Å². The molecule has 3 fully saturated rings. The third kappa shape index (κ3) is 16.1. The van der Waals surface area contributed by atoms with Crippen molar-refractivity contribution in [1.82, 2.24) is 60.6 Å². The highest BCUT2D eigenvalue weighted by Crippen LogP contribution is 2.60. The number of aryl methyl sites for hydroxylation is 1. The number of fused-ring (bicyclic) bond motifs is 6. The number of thiol groups is 2. The number of nitrogens with one attached hydrogen (secondary N) is 7. The highest BCUT2D eigenvalue weighted by Gasteiger charge is 2.53. The van der Waals surface area contributed by atoms with E-state index in [0.29, 0.717) is 30.1 Å². The van der Waals surface area contributed by atoms with Gasteiger partial charge in [-0.25, -0.2) is 24.1 Å². The van der Waals surface area contributed by atoms with Crippen molar-refractivity contribution in [2.45, 2.75) is 113 Å². The van der Waals surface area contributed by atoms with Gasteiger partial charge in [-0.3, -0.25) is 56.2 Å². The number of nitrogen functional groups attached to an aromatic ring is 1. The highest BCUT2D eigenvalue weighted by atomic mass is 32.7. The summed E-state index contributed by atoms with van der Waals surface area (Å²) >= 11 is 8.44. The van der Waals surface area contributed by atoms with Crippen LogP contribution >= 0.6 is 38.1 Å². The second kappa shape index (κ2) is 29.5. The van der Waals surface area contributed by atoms with Gasteiger partial charge in [0.2, 0.25) is 47.3 Å². The zero-order valence-electron chi connectivity index (χ0n) is 50.7. The number of aliphatic hydroxyl groups is 2. The zero-order chi connectivity index (χ0) is 67.3. The predicted molar refractivity (Wildman–Crippen MR) is 346 cm³/mol. The van der Waals surface area contributed by atoms with Gasteiger partial charge in [-0.15, -0.1) is 0 Å². The lowest BCUT2D eigenvalue weighted by Gasteiger charge is -2.27. The van der Waals surface area contributed by atoms with Crippen LogP contribution in [0.25, 0.3) is 34.3 Å². The van der Waals surface area contributed by atoms with Crippen molar-refractivity contribution >= 4 is 137 Å². The van der Waals surface area contributed by atoms with E-state index in [0.717, 1.165) is 34.1 Å². The van der Waals surface area contributed by atoms with Gasteiger partial charge >= 0.3 is 13.6 Å². The number of hydrogen-bond donors (Lipinski definition) is 13. The molecule has 0 saturated carbocycles. The first-order valence-corrected chi connectivity index (χ1v) is 35.5. The minimum Gasteiger partial charge on any atom is -0.387 e. The number of benzene rings is 2. The van der Waals surface area contributed by atoms with Crippen molar-refractivity contribution in [3.8, 4) is 0 Å². The Bertz CT molecular complexity index is 4070. The Morgan fingerprint density at radius 2 is 1.45 bits per heavy atom. The largest absolute Gasteiger partial charge is 0.387 e. The van der Waals surface area contributed by atoms with Gasteiger partial charge in [-0.1, -0.05) is 79.1 Å². The number of ether oxygens (including phenoxy) is 2. The van der Waals surface area contributed by atoms with Gasteiger partial charge in [-0.05, 0) is 54.5 Å². The lowest BCUT2D eigenvalue weighted by molar-refractivity contribution is -0.132. The molecule has 3 saturated heterocycles. The first-order chi connectivity index (χ1) is 45.5. The van der Waals surface area contributed by atoms with Gasteiger partial charge in [0.15, 0.2) is 23.9 Å². The van der Waals surface area contributed by atoms with Crippen LogP contribution in [0.1, 0.15) is 73.7 Å². The lowest BCUT2D eigenvalue weighted by Crippen LogP contribution is -2.54. The molecule has 12 atom stereocenters. The zero-order valence-corrected chi connectivity index (χ0v) is 54.3. The fourth-order valence-electron chi connectivity index (χ4n) is 11.4. The maximum absolute atomic E-state index is 14.2. The fourth-order valence-corrected chi connectivity index (χ4v) is 14.4. The third-order valence-electron chi connectivity index (χ3n) is 16.1. The Morgan fingerprint density at radius 3 is 2.24 bits per heavy atom. The van der Waals surface area contributed by atoms with Crippen molar-refractivity contribution in [2.75, 3.05) is 67.2 Å². The molecular weight excluding hydrogens is 1320 g/mol. The van der Waals surface area contributed by atoms with E-state index in [4.69, 9.17) is 39.0 Å². The number of para-hydroxylation sites is 1. The number of nitrogens with two attached hydrogens (primary N) is 2. The van der Waals surface area contributed by atoms with E-state index in [9.17, 15) is 52.9 Å². The van der Waals surface area contributed by atoms with Gasteiger partial charge in [0.05, 0.1) is 50.2 Å². The first-order valence-electron chi connectivity index (χ1n) is 30.1. The molecule has 0 radical (unpaired) electrons. The Morgan fingerprint density at radius 1 is 0.747 bits per heavy atom. The summed E-state index contributed by atoms with van der Waals surface area (Å²) in [6.45, 7) is -9.28. The minimum absolute atomic E-state index is 0.00277. The van der Waals surface area contributed by atoms with Crippen LogP contribution in [0.4, 0.5) is 23.3 Å². The van der Waals surface area contributed by atoms with Crippen molar-refractivity contribution in [2.24, 2.45) is 5.73 Å². The number of primary amides is 1. The second-order valence-corrected chi connectivity index (χ2v) is 28.5. The summed E-state index contributed by atoms with van der Waals surface area (Å²) in [5.41, 5.74) is 16.5. The van der Waals surface area contributed by atoms with E-state index in [1.165, 1.54) is 24.1 Å². The smallest absolute Gasteiger partial charge is 0.386 e. The number of aliphatic hydroxyl groups excluding tert-OH is 2. The standard InChI is InChI=1S/C57H69N17O17P2S2/c1-29(68-41(78)22-64-40(77)21-63-39(76)16-17-42(79)72-23-32-9-3-2-7-30(32)12-13-31-8-4-5-11-35(31)72)53(82)69-34(14-15-38(58)75)54(83)61-19-20-62-57-70-49(59)44-52(71-57)74(28-67-44)56-48-45(80)36(88-56)25-86-92(84,94)90-47-37(26-87-93(85,95)91-48)89-55(46(47)81)73-24-33-10-6-18-60-50-43(33)51(73)66-27-65-50/h2-5,7-9,11-13,24,27-29,34,36-37,45-48,55-56,80-81H,6,10,14-23,25-26H2,1H3,(H2,58,75)(H,61,83)(H,63,76)(H,64,77)(H,68,78)(H,69,82)(H,84,94)(H,85,95)(H,60,65,66)(H3,59,62,70,71)/b13-12-/t29-,34-,36+,37+,45+,46+,47+,48+,55+,56+,92?,93?/m0/s1. The Balaban J connectivity index is 0.654. The summed E-state index contributed by atoms with van der Waals surface area (Å²) < 4.78 is 66.7. The maximum atomic E-state index is 14.2. The summed E-state index contributed by atoms with van der Waals surface area (Å²) in [4.78, 5) is 114. The number of imidazole rings is 1. The number of amides is 7. The van der Waals surface area contributed by atoms with Gasteiger partial charge in [0.25, 0.3) is 0 Å². The SMILES string of the molecule is C[C@H](NC(=O)CNC(=O)CNC(=O)CCC(=O)N1Cc2ccccc2/C=C\c2ccccc21)C(=O)N[C@@H](CCC(N)=O)C(=O)NCCNc1nc(N)c2ncn([C@@H]3O[C@@H]4COP(=O)(S)O[C@H]5[C@@H](O)[C@H](n6cc7c8c(ncnc86)NCCC7)O[C@@H]5COP(=O)(S)O[C@@H]3[C@@H]4O)c2n1. The molecule has 0 aliphatic carbocycles. The van der Waals surface area contributed by atoms with Crippen LogP contribution in [0.15, 0.2) is 67.4 Å². The van der Waals surface area contributed by atoms with Crippen LogP contribution in [0.2, 0.25) is 0 Å². The molecule has 4 aromatic heterocycles. The lowest BCUT2D eigenvalue weighted by atomic mass is 10.0. The van der Waals surface area contributed by atoms with Crippen LogP contribution in [0.5, 0.6) is 0 Å². The van der Waals surface area contributed by atoms with Crippen LogP contribution < -0.4 is 53.6 Å². The minimum atomic E-state index is -4.54. The molecule has 506 valence electrons. The first kappa shape index (κ1) is 68.3. The van der Waals surface area contributed by atoms with Crippen molar-refractivity contribution in [3.63, 3.8) is 0 Å². The van der Waals surface area contributed by atoms with Crippen LogP contribution in [0, 0.1) is 0 Å². The summed E-state index contributed by atoms with van der Waals surface area (Å²) in [6, 6.07) is 12.5. The summed E-state index contributed by atoms with van der Waals surface area (Å²) in [5.74, 6) is -4.38. The van der Waals surface area contributed by atoms with E-state index in [1.54, 1.807) is 15.7 Å². The number of nitrogens with zero attached hydrogens (tertiary/aromatic N) is 8. The van der Waals surface area contributed by atoms with Crippen molar-refractivity contribution in [1.29, 1.82) is 0 Å².